The molecule has 1 atom stereocenters. The number of rotatable bonds is 5. The standard InChI is InChI=1S/C21H18ClNO3/c1-14(18-11-5-7-15-6-2-3-10-19(15)18)23-20(24)13-26-21(25)16-8-4-9-17(22)12-16/h2-12,14H,13H2,1H3,(H,23,24). The zero-order chi connectivity index (χ0) is 18.5. The molecule has 5 heteroatoms. The number of hydrogen-bond donors (Lipinski definition) is 1. The largest absolute Gasteiger partial charge is 0.452 e. The fraction of sp³-hybridized carbons (Fsp3) is 0.143. The fourth-order valence-electron chi connectivity index (χ4n) is 2.82. The highest BCUT2D eigenvalue weighted by molar-refractivity contribution is 6.30. The first-order valence-corrected chi connectivity index (χ1v) is 8.62. The van der Waals surface area contributed by atoms with Crippen LogP contribution < -0.4 is 5.32 Å². The Balaban J connectivity index is 1.61. The van der Waals surface area contributed by atoms with Gasteiger partial charge in [0.05, 0.1) is 11.6 Å². The van der Waals surface area contributed by atoms with Crippen LogP contribution in [-0.2, 0) is 9.53 Å². The van der Waals surface area contributed by atoms with Gasteiger partial charge in [-0.3, -0.25) is 4.79 Å². The van der Waals surface area contributed by atoms with Gasteiger partial charge in [0.25, 0.3) is 5.91 Å². The van der Waals surface area contributed by atoms with E-state index in [1.165, 1.54) is 6.07 Å². The molecular formula is C21H18ClNO3. The Bertz CT molecular complexity index is 949. The van der Waals surface area contributed by atoms with Crippen molar-refractivity contribution in [1.29, 1.82) is 0 Å². The summed E-state index contributed by atoms with van der Waals surface area (Å²) in [4.78, 5) is 24.1. The van der Waals surface area contributed by atoms with Gasteiger partial charge in [-0.1, -0.05) is 60.1 Å². The summed E-state index contributed by atoms with van der Waals surface area (Å²) in [7, 11) is 0. The second-order valence-corrected chi connectivity index (χ2v) is 6.38. The summed E-state index contributed by atoms with van der Waals surface area (Å²) in [5.41, 5.74) is 1.32. The Morgan fingerprint density at radius 2 is 1.77 bits per heavy atom. The van der Waals surface area contributed by atoms with E-state index in [2.05, 4.69) is 5.32 Å². The van der Waals surface area contributed by atoms with Crippen molar-refractivity contribution in [2.45, 2.75) is 13.0 Å². The van der Waals surface area contributed by atoms with E-state index in [4.69, 9.17) is 16.3 Å². The highest BCUT2D eigenvalue weighted by atomic mass is 35.5. The SMILES string of the molecule is CC(NC(=O)COC(=O)c1cccc(Cl)c1)c1cccc2ccccc12. The minimum atomic E-state index is -0.583. The lowest BCUT2D eigenvalue weighted by Crippen LogP contribution is -2.31. The molecule has 3 aromatic carbocycles. The maximum absolute atomic E-state index is 12.2. The van der Waals surface area contributed by atoms with Gasteiger partial charge >= 0.3 is 5.97 Å². The molecule has 0 bridgehead atoms. The van der Waals surface area contributed by atoms with Gasteiger partial charge in [-0.25, -0.2) is 4.79 Å². The van der Waals surface area contributed by atoms with Crippen LogP contribution in [0.3, 0.4) is 0 Å². The molecule has 132 valence electrons. The molecule has 0 aromatic heterocycles. The lowest BCUT2D eigenvalue weighted by Gasteiger charge is -2.16. The van der Waals surface area contributed by atoms with Crippen molar-refractivity contribution in [2.24, 2.45) is 0 Å². The molecule has 0 aliphatic rings. The van der Waals surface area contributed by atoms with Gasteiger partial charge in [-0.2, -0.15) is 0 Å². The first-order valence-electron chi connectivity index (χ1n) is 8.24. The number of carbonyl (C=O) groups is 2. The van der Waals surface area contributed by atoms with Crippen molar-refractivity contribution in [3.8, 4) is 0 Å². The molecular weight excluding hydrogens is 350 g/mol. The van der Waals surface area contributed by atoms with E-state index in [9.17, 15) is 9.59 Å². The molecule has 1 unspecified atom stereocenters. The van der Waals surface area contributed by atoms with Gasteiger partial charge < -0.3 is 10.1 Å². The molecule has 0 fully saturated rings. The van der Waals surface area contributed by atoms with Crippen LogP contribution in [0.4, 0.5) is 0 Å². The number of ether oxygens (including phenoxy) is 1. The molecule has 0 saturated heterocycles. The number of carbonyl (C=O) groups excluding carboxylic acids is 2. The molecule has 3 aromatic rings. The van der Waals surface area contributed by atoms with Crippen LogP contribution in [0, 0.1) is 0 Å². The Kier molecular flexibility index (Phi) is 5.54. The average molecular weight is 368 g/mol. The average Bonchev–Trinajstić information content (AvgIpc) is 2.65. The zero-order valence-electron chi connectivity index (χ0n) is 14.2. The molecule has 4 nitrogen and oxygen atoms in total. The van der Waals surface area contributed by atoms with Crippen molar-refractivity contribution in [2.75, 3.05) is 6.61 Å². The molecule has 1 amide bonds. The van der Waals surface area contributed by atoms with Crippen molar-refractivity contribution in [1.82, 2.24) is 5.32 Å². The highest BCUT2D eigenvalue weighted by Crippen LogP contribution is 2.24. The maximum Gasteiger partial charge on any atom is 0.338 e. The van der Waals surface area contributed by atoms with Gasteiger partial charge in [-0.05, 0) is 41.5 Å². The lowest BCUT2D eigenvalue weighted by molar-refractivity contribution is -0.124. The summed E-state index contributed by atoms with van der Waals surface area (Å²) in [6.45, 7) is 1.55. The fourth-order valence-corrected chi connectivity index (χ4v) is 3.01. The summed E-state index contributed by atoms with van der Waals surface area (Å²) in [6, 6.07) is 20.2. The molecule has 3 rings (SSSR count). The van der Waals surface area contributed by atoms with Gasteiger partial charge in [-0.15, -0.1) is 0 Å². The van der Waals surface area contributed by atoms with Crippen LogP contribution in [0.25, 0.3) is 10.8 Å². The minimum Gasteiger partial charge on any atom is -0.452 e. The van der Waals surface area contributed by atoms with E-state index >= 15 is 0 Å². The molecule has 1 N–H and O–H groups in total. The van der Waals surface area contributed by atoms with Gasteiger partial charge in [0, 0.05) is 5.02 Å². The Morgan fingerprint density at radius 1 is 1.04 bits per heavy atom. The molecule has 0 spiro atoms. The summed E-state index contributed by atoms with van der Waals surface area (Å²) in [5, 5.41) is 5.49. The summed E-state index contributed by atoms with van der Waals surface area (Å²) < 4.78 is 5.06. The molecule has 0 aliphatic heterocycles. The second kappa shape index (κ2) is 8.02. The number of halogens is 1. The predicted molar refractivity (Wildman–Crippen MR) is 102 cm³/mol. The van der Waals surface area contributed by atoms with Gasteiger partial charge in [0.1, 0.15) is 0 Å². The van der Waals surface area contributed by atoms with E-state index < -0.39 is 5.97 Å². The van der Waals surface area contributed by atoms with E-state index in [0.29, 0.717) is 10.6 Å². The number of hydrogen-bond acceptors (Lipinski definition) is 3. The topological polar surface area (TPSA) is 55.4 Å². The van der Waals surface area contributed by atoms with Crippen molar-refractivity contribution in [3.63, 3.8) is 0 Å². The smallest absolute Gasteiger partial charge is 0.338 e. The van der Waals surface area contributed by atoms with Gasteiger partial charge in [0.15, 0.2) is 6.61 Å². The third-order valence-electron chi connectivity index (χ3n) is 4.06. The minimum absolute atomic E-state index is 0.210. The maximum atomic E-state index is 12.2. The zero-order valence-corrected chi connectivity index (χ0v) is 15.0. The van der Waals surface area contributed by atoms with Crippen LogP contribution in [0.5, 0.6) is 0 Å². The Morgan fingerprint density at radius 3 is 2.58 bits per heavy atom. The van der Waals surface area contributed by atoms with E-state index in [-0.39, 0.29) is 18.6 Å². The van der Waals surface area contributed by atoms with Crippen LogP contribution in [0.15, 0.2) is 66.7 Å². The number of benzene rings is 3. The summed E-state index contributed by atoms with van der Waals surface area (Å²) in [6.07, 6.45) is 0. The predicted octanol–water partition coefficient (Wildman–Crippen LogP) is 4.53. The third kappa shape index (κ3) is 4.21. The highest BCUT2D eigenvalue weighted by Gasteiger charge is 2.14. The van der Waals surface area contributed by atoms with E-state index in [1.54, 1.807) is 18.2 Å². The molecule has 0 heterocycles. The number of esters is 1. The first kappa shape index (κ1) is 18.0. The lowest BCUT2D eigenvalue weighted by atomic mass is 10.00. The van der Waals surface area contributed by atoms with Crippen LogP contribution in [0.2, 0.25) is 5.02 Å². The molecule has 0 aliphatic carbocycles. The summed E-state index contributed by atoms with van der Waals surface area (Å²) >= 11 is 5.85. The normalized spacial score (nSPS) is 11.8. The first-order chi connectivity index (χ1) is 12.5. The van der Waals surface area contributed by atoms with Crippen LogP contribution >= 0.6 is 11.6 Å². The molecule has 0 radical (unpaired) electrons. The molecule has 26 heavy (non-hydrogen) atoms. The number of amides is 1. The van der Waals surface area contributed by atoms with Gasteiger partial charge in [0.2, 0.25) is 0 Å². The monoisotopic (exact) mass is 367 g/mol. The van der Waals surface area contributed by atoms with Crippen molar-refractivity contribution >= 4 is 34.2 Å². The molecule has 0 saturated carbocycles. The second-order valence-electron chi connectivity index (χ2n) is 5.94. The van der Waals surface area contributed by atoms with Crippen LogP contribution in [0.1, 0.15) is 28.9 Å². The van der Waals surface area contributed by atoms with E-state index in [0.717, 1.165) is 16.3 Å². The third-order valence-corrected chi connectivity index (χ3v) is 4.30. The number of fused-ring (bicyclic) bond motifs is 1. The van der Waals surface area contributed by atoms with E-state index in [1.807, 2.05) is 49.4 Å². The Hall–Kier alpha value is -2.85. The quantitative estimate of drug-likeness (QED) is 0.674. The van der Waals surface area contributed by atoms with Crippen molar-refractivity contribution in [3.05, 3.63) is 82.9 Å². The van der Waals surface area contributed by atoms with Crippen LogP contribution in [-0.4, -0.2) is 18.5 Å². The van der Waals surface area contributed by atoms with Crippen molar-refractivity contribution < 1.29 is 14.3 Å². The Labute approximate surface area is 156 Å². The number of nitrogens with one attached hydrogen (secondary N) is 1. The summed E-state index contributed by atoms with van der Waals surface area (Å²) in [5.74, 6) is -0.943.